The number of nitrogens with one attached hydrogen (secondary N) is 1. The molecule has 2 N–H and O–H groups in total. The highest BCUT2D eigenvalue weighted by Gasteiger charge is 2.18. The Kier molecular flexibility index (Phi) is 5.03. The van der Waals surface area contributed by atoms with Gasteiger partial charge in [0.25, 0.3) is 5.91 Å². The van der Waals surface area contributed by atoms with Crippen molar-refractivity contribution >= 4 is 11.7 Å². The van der Waals surface area contributed by atoms with Gasteiger partial charge in [-0.1, -0.05) is 60.7 Å². The van der Waals surface area contributed by atoms with Gasteiger partial charge in [0.2, 0.25) is 0 Å². The molecule has 0 aliphatic heterocycles. The molecule has 3 rings (SSSR count). The monoisotopic (exact) mass is 321 g/mol. The van der Waals surface area contributed by atoms with Gasteiger partial charge in [0.15, 0.2) is 6.10 Å². The predicted octanol–water partition coefficient (Wildman–Crippen LogP) is 2.80. The summed E-state index contributed by atoms with van der Waals surface area (Å²) >= 11 is 0. The molecule has 1 amide bonds. The Morgan fingerprint density at radius 1 is 1.04 bits per heavy atom. The largest absolute Gasteiger partial charge is 0.378 e. The first-order valence-corrected chi connectivity index (χ1v) is 7.83. The third-order valence-corrected chi connectivity index (χ3v) is 3.79. The molecule has 1 atom stereocenters. The summed E-state index contributed by atoms with van der Waals surface area (Å²) in [6, 6.07) is 20.7. The molecule has 2 aromatic carbocycles. The number of aliphatic hydroxyl groups excluding tert-OH is 1. The first-order chi connectivity index (χ1) is 11.7. The molecule has 3 aromatic rings. The average molecular weight is 321 g/mol. The zero-order chi connectivity index (χ0) is 16.8. The van der Waals surface area contributed by atoms with E-state index in [-0.39, 0.29) is 0 Å². The second kappa shape index (κ2) is 7.57. The zero-order valence-electron chi connectivity index (χ0n) is 13.2. The number of hydrogen-bond donors (Lipinski definition) is 2. The van der Waals surface area contributed by atoms with Crippen molar-refractivity contribution in [2.75, 3.05) is 5.32 Å². The summed E-state index contributed by atoms with van der Waals surface area (Å²) in [5.41, 5.74) is 1.76. The second-order valence-electron chi connectivity index (χ2n) is 5.48. The number of carbonyl (C=O) groups is 1. The molecule has 0 radical (unpaired) electrons. The molecule has 0 fully saturated rings. The SMILES string of the molecule is O=C(Nc1ccnn1CCc1ccccc1)C(O)c1ccccc1. The van der Waals surface area contributed by atoms with Crippen molar-refractivity contribution in [2.45, 2.75) is 19.1 Å². The predicted molar refractivity (Wildman–Crippen MR) is 92.4 cm³/mol. The number of carbonyl (C=O) groups excluding carboxylic acids is 1. The summed E-state index contributed by atoms with van der Waals surface area (Å²) in [5.74, 6) is 0.105. The summed E-state index contributed by atoms with van der Waals surface area (Å²) < 4.78 is 1.72. The topological polar surface area (TPSA) is 67.2 Å². The van der Waals surface area contributed by atoms with E-state index in [1.807, 2.05) is 24.3 Å². The van der Waals surface area contributed by atoms with Gasteiger partial charge >= 0.3 is 0 Å². The third-order valence-electron chi connectivity index (χ3n) is 3.79. The molecule has 5 heteroatoms. The number of aromatic nitrogens is 2. The van der Waals surface area contributed by atoms with Crippen LogP contribution < -0.4 is 5.32 Å². The molecule has 0 bridgehead atoms. The lowest BCUT2D eigenvalue weighted by Crippen LogP contribution is -2.23. The summed E-state index contributed by atoms with van der Waals surface area (Å²) in [6.45, 7) is 0.647. The molecule has 0 aliphatic rings. The average Bonchev–Trinajstić information content (AvgIpc) is 3.08. The number of hydrogen-bond acceptors (Lipinski definition) is 3. The third kappa shape index (κ3) is 3.88. The van der Waals surface area contributed by atoms with Gasteiger partial charge in [-0.15, -0.1) is 0 Å². The van der Waals surface area contributed by atoms with Crippen molar-refractivity contribution in [1.29, 1.82) is 0 Å². The van der Waals surface area contributed by atoms with Crippen LogP contribution in [0.5, 0.6) is 0 Å². The van der Waals surface area contributed by atoms with Crippen LogP contribution in [0.4, 0.5) is 5.82 Å². The number of anilines is 1. The molecular formula is C19H19N3O2. The Balaban J connectivity index is 1.64. The number of aliphatic hydroxyl groups is 1. The number of nitrogens with zero attached hydrogens (tertiary/aromatic N) is 2. The molecule has 5 nitrogen and oxygen atoms in total. The zero-order valence-corrected chi connectivity index (χ0v) is 13.2. The molecule has 0 spiro atoms. The maximum atomic E-state index is 12.2. The fourth-order valence-electron chi connectivity index (χ4n) is 2.48. The molecule has 1 unspecified atom stereocenters. The fourth-order valence-corrected chi connectivity index (χ4v) is 2.48. The Bertz CT molecular complexity index is 785. The van der Waals surface area contributed by atoms with Gasteiger partial charge in [-0.25, -0.2) is 4.68 Å². The molecule has 0 saturated carbocycles. The van der Waals surface area contributed by atoms with Crippen LogP contribution in [0.3, 0.4) is 0 Å². The molecule has 0 saturated heterocycles. The van der Waals surface area contributed by atoms with E-state index in [1.165, 1.54) is 5.56 Å². The fraction of sp³-hybridized carbons (Fsp3) is 0.158. The Morgan fingerprint density at radius 2 is 1.71 bits per heavy atom. The second-order valence-corrected chi connectivity index (χ2v) is 5.48. The highest BCUT2D eigenvalue weighted by Crippen LogP contribution is 2.16. The van der Waals surface area contributed by atoms with Crippen LogP contribution in [-0.4, -0.2) is 20.8 Å². The Labute approximate surface area is 140 Å². The number of amides is 1. The number of benzene rings is 2. The molecule has 122 valence electrons. The van der Waals surface area contributed by atoms with Crippen molar-refractivity contribution in [1.82, 2.24) is 9.78 Å². The number of rotatable bonds is 6. The van der Waals surface area contributed by atoms with Crippen molar-refractivity contribution in [3.8, 4) is 0 Å². The summed E-state index contributed by atoms with van der Waals surface area (Å²) in [4.78, 5) is 12.2. The van der Waals surface area contributed by atoms with E-state index in [0.29, 0.717) is 17.9 Å². The maximum absolute atomic E-state index is 12.2. The molecule has 0 aliphatic carbocycles. The molecule has 24 heavy (non-hydrogen) atoms. The van der Waals surface area contributed by atoms with Crippen LogP contribution in [0.15, 0.2) is 72.9 Å². The van der Waals surface area contributed by atoms with Crippen LogP contribution in [0.2, 0.25) is 0 Å². The number of aryl methyl sites for hydroxylation is 2. The van der Waals surface area contributed by atoms with Gasteiger partial charge in [-0.3, -0.25) is 4.79 Å². The first kappa shape index (κ1) is 16.0. The summed E-state index contributed by atoms with van der Waals surface area (Å²) in [6.07, 6.45) is 1.24. The highest BCUT2D eigenvalue weighted by molar-refractivity contribution is 5.93. The van der Waals surface area contributed by atoms with Crippen molar-refractivity contribution in [3.63, 3.8) is 0 Å². The molecule has 1 heterocycles. The van der Waals surface area contributed by atoms with E-state index in [2.05, 4.69) is 22.5 Å². The van der Waals surface area contributed by atoms with E-state index in [0.717, 1.165) is 6.42 Å². The van der Waals surface area contributed by atoms with Gasteiger partial charge in [-0.2, -0.15) is 5.10 Å². The van der Waals surface area contributed by atoms with Crippen LogP contribution in [0.1, 0.15) is 17.2 Å². The van der Waals surface area contributed by atoms with Crippen LogP contribution >= 0.6 is 0 Å². The van der Waals surface area contributed by atoms with Crippen LogP contribution in [-0.2, 0) is 17.8 Å². The van der Waals surface area contributed by atoms with E-state index in [1.54, 1.807) is 41.2 Å². The van der Waals surface area contributed by atoms with Gasteiger partial charge in [0.1, 0.15) is 5.82 Å². The van der Waals surface area contributed by atoms with Crippen molar-refractivity contribution < 1.29 is 9.90 Å². The smallest absolute Gasteiger partial charge is 0.258 e. The lowest BCUT2D eigenvalue weighted by molar-refractivity contribution is -0.124. The van der Waals surface area contributed by atoms with E-state index in [9.17, 15) is 9.90 Å². The minimum atomic E-state index is -1.20. The summed E-state index contributed by atoms with van der Waals surface area (Å²) in [5, 5.41) is 17.1. The van der Waals surface area contributed by atoms with E-state index < -0.39 is 12.0 Å². The lowest BCUT2D eigenvalue weighted by atomic mass is 10.1. The molecular weight excluding hydrogens is 302 g/mol. The normalized spacial score (nSPS) is 11.9. The van der Waals surface area contributed by atoms with Crippen molar-refractivity contribution in [3.05, 3.63) is 84.1 Å². The van der Waals surface area contributed by atoms with Crippen molar-refractivity contribution in [2.24, 2.45) is 0 Å². The standard InChI is InChI=1S/C19H19N3O2/c23-18(16-9-5-2-6-10-16)19(24)21-17-11-13-20-22(17)14-12-15-7-3-1-4-8-15/h1-11,13,18,23H,12,14H2,(H,21,24). The first-order valence-electron chi connectivity index (χ1n) is 7.83. The van der Waals surface area contributed by atoms with E-state index >= 15 is 0 Å². The van der Waals surface area contributed by atoms with Gasteiger partial charge in [0, 0.05) is 12.6 Å². The van der Waals surface area contributed by atoms with Crippen LogP contribution in [0.25, 0.3) is 0 Å². The molecule has 1 aromatic heterocycles. The van der Waals surface area contributed by atoms with Gasteiger partial charge < -0.3 is 10.4 Å². The summed E-state index contributed by atoms with van der Waals surface area (Å²) in [7, 11) is 0. The van der Waals surface area contributed by atoms with Gasteiger partial charge in [0.05, 0.1) is 6.20 Å². The quantitative estimate of drug-likeness (QED) is 0.733. The Morgan fingerprint density at radius 3 is 2.42 bits per heavy atom. The minimum Gasteiger partial charge on any atom is -0.378 e. The van der Waals surface area contributed by atoms with E-state index in [4.69, 9.17) is 0 Å². The van der Waals surface area contributed by atoms with Crippen LogP contribution in [0, 0.1) is 0 Å². The van der Waals surface area contributed by atoms with Gasteiger partial charge in [-0.05, 0) is 17.5 Å². The highest BCUT2D eigenvalue weighted by atomic mass is 16.3. The maximum Gasteiger partial charge on any atom is 0.258 e. The Hall–Kier alpha value is -2.92. The minimum absolute atomic E-state index is 0.470. The lowest BCUT2D eigenvalue weighted by Gasteiger charge is -2.13.